The molecular formula is C13H9Cl2FN2O. The number of rotatable bonds is 2. The molecule has 0 bridgehead atoms. The Morgan fingerprint density at radius 3 is 2.79 bits per heavy atom. The fourth-order valence-corrected chi connectivity index (χ4v) is 1.86. The molecule has 1 aromatic carbocycles. The molecule has 19 heavy (non-hydrogen) atoms. The zero-order valence-electron chi connectivity index (χ0n) is 9.88. The summed E-state index contributed by atoms with van der Waals surface area (Å²) in [6, 6.07) is 5.75. The Bertz CT molecular complexity index is 647. The molecule has 1 N–H and O–H groups in total. The Kier molecular flexibility index (Phi) is 4.02. The quantitative estimate of drug-likeness (QED) is 0.849. The van der Waals surface area contributed by atoms with E-state index in [1.54, 1.807) is 13.0 Å². The van der Waals surface area contributed by atoms with E-state index in [0.717, 1.165) is 5.56 Å². The molecule has 0 saturated heterocycles. The van der Waals surface area contributed by atoms with Crippen molar-refractivity contribution in [2.24, 2.45) is 0 Å². The summed E-state index contributed by atoms with van der Waals surface area (Å²) >= 11 is 11.5. The second kappa shape index (κ2) is 5.55. The Hall–Kier alpha value is -1.65. The smallest absolute Gasteiger partial charge is 0.257 e. The first-order valence-electron chi connectivity index (χ1n) is 5.36. The number of halogens is 3. The third kappa shape index (κ3) is 3.22. The number of carbonyl (C=O) groups excluding carboxylic acids is 1. The van der Waals surface area contributed by atoms with Crippen molar-refractivity contribution in [1.29, 1.82) is 0 Å². The molecule has 0 saturated carbocycles. The number of nitrogens with zero attached hydrogens (tertiary/aromatic N) is 1. The summed E-state index contributed by atoms with van der Waals surface area (Å²) in [7, 11) is 0. The predicted molar refractivity (Wildman–Crippen MR) is 73.3 cm³/mol. The lowest BCUT2D eigenvalue weighted by Crippen LogP contribution is -2.14. The predicted octanol–water partition coefficient (Wildman–Crippen LogP) is 4.09. The van der Waals surface area contributed by atoms with E-state index in [1.807, 2.05) is 0 Å². The zero-order valence-corrected chi connectivity index (χ0v) is 11.4. The Morgan fingerprint density at radius 2 is 2.05 bits per heavy atom. The number of aromatic nitrogens is 1. The number of nitrogens with one attached hydrogen (secondary N) is 1. The van der Waals surface area contributed by atoms with Gasteiger partial charge in [-0.05, 0) is 30.7 Å². The van der Waals surface area contributed by atoms with Gasteiger partial charge in [0.05, 0.1) is 16.3 Å². The van der Waals surface area contributed by atoms with Gasteiger partial charge in [-0.1, -0.05) is 29.3 Å². The van der Waals surface area contributed by atoms with Crippen molar-refractivity contribution in [2.45, 2.75) is 6.92 Å². The number of hydrogen-bond acceptors (Lipinski definition) is 2. The van der Waals surface area contributed by atoms with Crippen LogP contribution in [0.25, 0.3) is 0 Å². The van der Waals surface area contributed by atoms with E-state index in [0.29, 0.717) is 0 Å². The summed E-state index contributed by atoms with van der Waals surface area (Å²) < 4.78 is 13.5. The lowest BCUT2D eigenvalue weighted by molar-refractivity contribution is 0.102. The molecule has 1 heterocycles. The third-order valence-corrected chi connectivity index (χ3v) is 2.94. The van der Waals surface area contributed by atoms with Crippen molar-refractivity contribution in [3.63, 3.8) is 0 Å². The van der Waals surface area contributed by atoms with Crippen LogP contribution in [0.2, 0.25) is 10.2 Å². The standard InChI is InChI=1S/C13H9Cl2FN2O/c1-7-2-3-10(16)11(4-7)18-13(19)8-5-12(15)17-6-9(8)14/h2-6H,1H3,(H,18,19). The molecule has 98 valence electrons. The average Bonchev–Trinajstić information content (AvgIpc) is 2.36. The van der Waals surface area contributed by atoms with Crippen molar-refractivity contribution in [3.05, 3.63) is 57.6 Å². The van der Waals surface area contributed by atoms with E-state index in [2.05, 4.69) is 10.3 Å². The maximum Gasteiger partial charge on any atom is 0.257 e. The van der Waals surface area contributed by atoms with E-state index in [4.69, 9.17) is 23.2 Å². The molecule has 0 fully saturated rings. The summed E-state index contributed by atoms with van der Waals surface area (Å²) in [5.41, 5.74) is 1.06. The number of anilines is 1. The SMILES string of the molecule is Cc1ccc(F)c(NC(=O)c2cc(Cl)ncc2Cl)c1. The summed E-state index contributed by atoms with van der Waals surface area (Å²) in [5, 5.41) is 2.74. The summed E-state index contributed by atoms with van der Waals surface area (Å²) in [6.07, 6.45) is 1.27. The molecular weight excluding hydrogens is 290 g/mol. The molecule has 0 unspecified atom stereocenters. The van der Waals surface area contributed by atoms with Crippen molar-refractivity contribution in [1.82, 2.24) is 4.98 Å². The van der Waals surface area contributed by atoms with Gasteiger partial charge in [-0.2, -0.15) is 0 Å². The van der Waals surface area contributed by atoms with Crippen molar-refractivity contribution < 1.29 is 9.18 Å². The fourth-order valence-electron chi connectivity index (χ4n) is 1.51. The normalized spacial score (nSPS) is 10.3. The summed E-state index contributed by atoms with van der Waals surface area (Å²) in [4.78, 5) is 15.7. The lowest BCUT2D eigenvalue weighted by Gasteiger charge is -2.08. The van der Waals surface area contributed by atoms with E-state index >= 15 is 0 Å². The number of carbonyl (C=O) groups is 1. The first-order valence-corrected chi connectivity index (χ1v) is 6.11. The van der Waals surface area contributed by atoms with Gasteiger partial charge in [0.15, 0.2) is 0 Å². The van der Waals surface area contributed by atoms with Crippen LogP contribution < -0.4 is 5.32 Å². The Morgan fingerprint density at radius 1 is 1.32 bits per heavy atom. The van der Waals surface area contributed by atoms with Crippen molar-refractivity contribution in [2.75, 3.05) is 5.32 Å². The molecule has 0 aliphatic carbocycles. The highest BCUT2D eigenvalue weighted by molar-refractivity contribution is 6.35. The monoisotopic (exact) mass is 298 g/mol. The van der Waals surface area contributed by atoms with Crippen LogP contribution in [0.4, 0.5) is 10.1 Å². The molecule has 0 aliphatic rings. The lowest BCUT2D eigenvalue weighted by atomic mass is 10.2. The molecule has 0 radical (unpaired) electrons. The van der Waals surface area contributed by atoms with E-state index in [-0.39, 0.29) is 21.4 Å². The average molecular weight is 299 g/mol. The van der Waals surface area contributed by atoms with Gasteiger partial charge in [-0.25, -0.2) is 9.37 Å². The van der Waals surface area contributed by atoms with Crippen LogP contribution in [0.3, 0.4) is 0 Å². The first-order chi connectivity index (χ1) is 8.97. The molecule has 3 nitrogen and oxygen atoms in total. The fraction of sp³-hybridized carbons (Fsp3) is 0.0769. The van der Waals surface area contributed by atoms with E-state index < -0.39 is 11.7 Å². The van der Waals surface area contributed by atoms with Crippen LogP contribution in [0.1, 0.15) is 15.9 Å². The minimum atomic E-state index is -0.543. The number of benzene rings is 1. The highest BCUT2D eigenvalue weighted by atomic mass is 35.5. The molecule has 0 aliphatic heterocycles. The highest BCUT2D eigenvalue weighted by Gasteiger charge is 2.14. The van der Waals surface area contributed by atoms with E-state index in [1.165, 1.54) is 24.4 Å². The second-order valence-electron chi connectivity index (χ2n) is 3.92. The van der Waals surface area contributed by atoms with Gasteiger partial charge < -0.3 is 5.32 Å². The second-order valence-corrected chi connectivity index (χ2v) is 4.72. The maximum atomic E-state index is 13.5. The topological polar surface area (TPSA) is 42.0 Å². The number of pyridine rings is 1. The van der Waals surface area contributed by atoms with Gasteiger partial charge in [0.2, 0.25) is 0 Å². The van der Waals surface area contributed by atoms with Crippen LogP contribution in [-0.2, 0) is 0 Å². The Labute approximate surface area is 119 Å². The van der Waals surface area contributed by atoms with Crippen LogP contribution >= 0.6 is 23.2 Å². The number of hydrogen-bond donors (Lipinski definition) is 1. The van der Waals surface area contributed by atoms with Crippen LogP contribution in [0.15, 0.2) is 30.5 Å². The van der Waals surface area contributed by atoms with E-state index in [9.17, 15) is 9.18 Å². The Balaban J connectivity index is 2.30. The molecule has 6 heteroatoms. The van der Waals surface area contributed by atoms with Gasteiger partial charge in [0.1, 0.15) is 11.0 Å². The first kappa shape index (κ1) is 13.8. The zero-order chi connectivity index (χ0) is 14.0. The molecule has 2 rings (SSSR count). The molecule has 1 aromatic heterocycles. The summed E-state index contributed by atoms with van der Waals surface area (Å²) in [5.74, 6) is -1.06. The van der Waals surface area contributed by atoms with Crippen LogP contribution in [0, 0.1) is 12.7 Å². The van der Waals surface area contributed by atoms with Crippen molar-refractivity contribution in [3.8, 4) is 0 Å². The summed E-state index contributed by atoms with van der Waals surface area (Å²) in [6.45, 7) is 1.80. The van der Waals surface area contributed by atoms with Gasteiger partial charge in [-0.15, -0.1) is 0 Å². The maximum absolute atomic E-state index is 13.5. The van der Waals surface area contributed by atoms with Gasteiger partial charge >= 0.3 is 0 Å². The van der Waals surface area contributed by atoms with Gasteiger partial charge in [-0.3, -0.25) is 4.79 Å². The molecule has 0 spiro atoms. The minimum absolute atomic E-state index is 0.0917. The number of aryl methyl sites for hydroxylation is 1. The largest absolute Gasteiger partial charge is 0.319 e. The van der Waals surface area contributed by atoms with Gasteiger partial charge in [0.25, 0.3) is 5.91 Å². The van der Waals surface area contributed by atoms with Crippen molar-refractivity contribution >= 4 is 34.8 Å². The highest BCUT2D eigenvalue weighted by Crippen LogP contribution is 2.21. The molecule has 2 aromatic rings. The van der Waals surface area contributed by atoms with Gasteiger partial charge in [0, 0.05) is 6.20 Å². The number of amides is 1. The van der Waals surface area contributed by atoms with Crippen LogP contribution in [0.5, 0.6) is 0 Å². The minimum Gasteiger partial charge on any atom is -0.319 e. The van der Waals surface area contributed by atoms with Crippen LogP contribution in [-0.4, -0.2) is 10.9 Å². The molecule has 0 atom stereocenters. The third-order valence-electron chi connectivity index (χ3n) is 2.44. The molecule has 1 amide bonds.